The lowest BCUT2D eigenvalue weighted by molar-refractivity contribution is -0.137. The van der Waals surface area contributed by atoms with Crippen molar-refractivity contribution in [1.29, 1.82) is 5.41 Å². The van der Waals surface area contributed by atoms with Crippen LogP contribution in [-0.2, 0) is 6.18 Å². The van der Waals surface area contributed by atoms with Gasteiger partial charge in [-0.05, 0) is 59.0 Å². The number of hydrogen-bond donors (Lipinski definition) is 2. The minimum Gasteiger partial charge on any atom is -0.339 e. The number of alkyl halides is 3. The van der Waals surface area contributed by atoms with Crippen LogP contribution in [0, 0.1) is 5.41 Å². The van der Waals surface area contributed by atoms with Crippen molar-refractivity contribution in [2.75, 3.05) is 13.1 Å². The zero-order chi connectivity index (χ0) is 30.8. The summed E-state index contributed by atoms with van der Waals surface area (Å²) in [5.74, 6) is -0.544. The fraction of sp³-hybridized carbons (Fsp3) is 0.176. The number of amides is 2. The number of aromatic nitrogens is 1. The summed E-state index contributed by atoms with van der Waals surface area (Å²) < 4.78 is 39.1. The minimum atomic E-state index is -4.43. The van der Waals surface area contributed by atoms with E-state index < -0.39 is 17.6 Å². The number of likely N-dealkylation sites (tertiary alicyclic amines) is 1. The molecule has 0 spiro atoms. The number of rotatable bonds is 5. The zero-order valence-corrected chi connectivity index (χ0v) is 24.2. The standard InChI is InChI=1S/C34H27F3N4O2S/c35-34(36,37)26-13-11-22(12-14-26)27-7-3-4-8-28(27)33(43)41-17-15-23(16-18-41)32-39-29(20-44-32)31(42)40-30(38)25-10-9-21-5-1-2-6-24(21)19-25/h1-14,19-20,23H,15-18H2,(H2,38,40,42). The molecule has 1 aliphatic heterocycles. The van der Waals surface area contributed by atoms with Gasteiger partial charge in [0.25, 0.3) is 11.8 Å². The van der Waals surface area contributed by atoms with Crippen LogP contribution in [0.1, 0.15) is 55.7 Å². The summed E-state index contributed by atoms with van der Waals surface area (Å²) >= 11 is 1.39. The van der Waals surface area contributed by atoms with Gasteiger partial charge in [-0.15, -0.1) is 11.3 Å². The molecule has 10 heteroatoms. The molecule has 1 aliphatic rings. The number of nitrogens with one attached hydrogen (secondary N) is 2. The number of carbonyl (C=O) groups is 2. The van der Waals surface area contributed by atoms with Gasteiger partial charge in [0.1, 0.15) is 11.5 Å². The van der Waals surface area contributed by atoms with Gasteiger partial charge in [0.2, 0.25) is 0 Å². The third kappa shape index (κ3) is 6.12. The molecule has 1 aromatic heterocycles. The third-order valence-electron chi connectivity index (χ3n) is 7.84. The predicted molar refractivity (Wildman–Crippen MR) is 165 cm³/mol. The molecule has 2 amide bonds. The number of amidine groups is 1. The van der Waals surface area contributed by atoms with E-state index in [9.17, 15) is 22.8 Å². The van der Waals surface area contributed by atoms with E-state index in [2.05, 4.69) is 10.3 Å². The molecule has 4 aromatic carbocycles. The molecule has 0 radical (unpaired) electrons. The van der Waals surface area contributed by atoms with Crippen molar-refractivity contribution in [3.63, 3.8) is 0 Å². The quantitative estimate of drug-likeness (QED) is 0.157. The van der Waals surface area contributed by atoms with Gasteiger partial charge in [-0.2, -0.15) is 13.2 Å². The van der Waals surface area contributed by atoms with E-state index >= 15 is 0 Å². The monoisotopic (exact) mass is 612 g/mol. The van der Waals surface area contributed by atoms with Gasteiger partial charge in [0, 0.05) is 35.5 Å². The van der Waals surface area contributed by atoms with Crippen molar-refractivity contribution in [2.24, 2.45) is 0 Å². The topological polar surface area (TPSA) is 86.2 Å². The van der Waals surface area contributed by atoms with Gasteiger partial charge < -0.3 is 10.2 Å². The number of fused-ring (bicyclic) bond motifs is 1. The van der Waals surface area contributed by atoms with Crippen molar-refractivity contribution in [3.05, 3.63) is 124 Å². The molecule has 44 heavy (non-hydrogen) atoms. The molecule has 0 bridgehead atoms. The van der Waals surface area contributed by atoms with Gasteiger partial charge in [-0.3, -0.25) is 15.0 Å². The lowest BCUT2D eigenvalue weighted by atomic mass is 9.94. The average Bonchev–Trinajstić information content (AvgIpc) is 3.55. The maximum atomic E-state index is 13.5. The second-order valence-corrected chi connectivity index (χ2v) is 11.5. The SMILES string of the molecule is N=C(NC(=O)c1csc(C2CCN(C(=O)c3ccccc3-c3ccc(C(F)(F)F)cc3)CC2)n1)c1ccc2ccccc2c1. The van der Waals surface area contributed by atoms with E-state index in [1.165, 1.54) is 23.5 Å². The Kier molecular flexibility index (Phi) is 8.01. The highest BCUT2D eigenvalue weighted by atomic mass is 32.1. The Hall–Kier alpha value is -4.83. The summed E-state index contributed by atoms with van der Waals surface area (Å²) in [6.45, 7) is 0.969. The van der Waals surface area contributed by atoms with Crippen molar-refractivity contribution < 1.29 is 22.8 Å². The van der Waals surface area contributed by atoms with Crippen molar-refractivity contribution in [2.45, 2.75) is 24.9 Å². The molecule has 6 rings (SSSR count). The van der Waals surface area contributed by atoms with Crippen LogP contribution >= 0.6 is 11.3 Å². The Morgan fingerprint density at radius 1 is 0.886 bits per heavy atom. The van der Waals surface area contributed by atoms with Crippen LogP contribution in [0.5, 0.6) is 0 Å². The van der Waals surface area contributed by atoms with Crippen molar-refractivity contribution >= 4 is 39.8 Å². The smallest absolute Gasteiger partial charge is 0.339 e. The Bertz CT molecular complexity index is 1860. The summed E-state index contributed by atoms with van der Waals surface area (Å²) in [7, 11) is 0. The van der Waals surface area contributed by atoms with E-state index in [1.807, 2.05) is 36.4 Å². The fourth-order valence-corrected chi connectivity index (χ4v) is 6.41. The summed E-state index contributed by atoms with van der Waals surface area (Å²) in [6, 6.07) is 25.2. The summed E-state index contributed by atoms with van der Waals surface area (Å²) in [4.78, 5) is 32.7. The van der Waals surface area contributed by atoms with Crippen LogP contribution in [0.2, 0.25) is 0 Å². The highest BCUT2D eigenvalue weighted by molar-refractivity contribution is 7.09. The number of piperidine rings is 1. The average molecular weight is 613 g/mol. The molecular formula is C34H27F3N4O2S. The molecule has 222 valence electrons. The zero-order valence-electron chi connectivity index (χ0n) is 23.4. The first-order chi connectivity index (χ1) is 21.2. The minimum absolute atomic E-state index is 0.00120. The highest BCUT2D eigenvalue weighted by Crippen LogP contribution is 2.34. The first-order valence-electron chi connectivity index (χ1n) is 14.1. The van der Waals surface area contributed by atoms with Crippen LogP contribution in [0.15, 0.2) is 96.4 Å². The fourth-order valence-electron chi connectivity index (χ4n) is 5.43. The number of hydrogen-bond acceptors (Lipinski definition) is 5. The largest absolute Gasteiger partial charge is 0.416 e. The summed E-state index contributed by atoms with van der Waals surface area (Å²) in [6.07, 6.45) is -3.10. The molecule has 1 fully saturated rings. The molecule has 1 saturated heterocycles. The van der Waals surface area contributed by atoms with Gasteiger partial charge in [-0.1, -0.05) is 66.7 Å². The van der Waals surface area contributed by atoms with E-state index in [4.69, 9.17) is 5.41 Å². The van der Waals surface area contributed by atoms with E-state index in [-0.39, 0.29) is 23.4 Å². The number of nitrogens with zero attached hydrogens (tertiary/aromatic N) is 2. The van der Waals surface area contributed by atoms with Crippen molar-refractivity contribution in [1.82, 2.24) is 15.2 Å². The molecule has 2 N–H and O–H groups in total. The molecule has 5 aromatic rings. The van der Waals surface area contributed by atoms with E-state index in [1.54, 1.807) is 40.6 Å². The Morgan fingerprint density at radius 3 is 2.30 bits per heavy atom. The number of halogens is 3. The first-order valence-corrected chi connectivity index (χ1v) is 15.0. The van der Waals surface area contributed by atoms with E-state index in [0.717, 1.165) is 27.9 Å². The summed E-state index contributed by atoms with van der Waals surface area (Å²) in [5, 5.41) is 15.6. The second kappa shape index (κ2) is 12.0. The lowest BCUT2D eigenvalue weighted by Gasteiger charge is -2.31. The molecule has 2 heterocycles. The summed E-state index contributed by atoms with van der Waals surface area (Å²) in [5.41, 5.74) is 1.67. The number of thiazole rings is 1. The van der Waals surface area contributed by atoms with Crippen LogP contribution in [0.25, 0.3) is 21.9 Å². The van der Waals surface area contributed by atoms with Gasteiger partial charge in [0.05, 0.1) is 10.6 Å². The Labute approximate surface area is 255 Å². The maximum Gasteiger partial charge on any atom is 0.416 e. The molecule has 0 unspecified atom stereocenters. The predicted octanol–water partition coefficient (Wildman–Crippen LogP) is 7.76. The molecule has 0 aliphatic carbocycles. The van der Waals surface area contributed by atoms with Crippen LogP contribution in [0.4, 0.5) is 13.2 Å². The lowest BCUT2D eigenvalue weighted by Crippen LogP contribution is -2.38. The molecule has 0 atom stereocenters. The van der Waals surface area contributed by atoms with E-state index in [0.29, 0.717) is 48.2 Å². The third-order valence-corrected chi connectivity index (χ3v) is 8.85. The Morgan fingerprint density at radius 2 is 1.57 bits per heavy atom. The highest BCUT2D eigenvalue weighted by Gasteiger charge is 2.31. The second-order valence-electron chi connectivity index (χ2n) is 10.6. The van der Waals surface area contributed by atoms with Gasteiger partial charge in [-0.25, -0.2) is 4.98 Å². The Balaban J connectivity index is 1.08. The number of carbonyl (C=O) groups excluding carboxylic acids is 2. The molecule has 6 nitrogen and oxygen atoms in total. The molecule has 0 saturated carbocycles. The van der Waals surface area contributed by atoms with Crippen LogP contribution in [-0.4, -0.2) is 40.6 Å². The van der Waals surface area contributed by atoms with Gasteiger partial charge >= 0.3 is 6.18 Å². The van der Waals surface area contributed by atoms with Crippen LogP contribution in [0.3, 0.4) is 0 Å². The maximum absolute atomic E-state index is 13.5. The van der Waals surface area contributed by atoms with Crippen LogP contribution < -0.4 is 5.32 Å². The number of benzene rings is 4. The molecular weight excluding hydrogens is 585 g/mol. The first kappa shape index (κ1) is 29.3. The van der Waals surface area contributed by atoms with Gasteiger partial charge in [0.15, 0.2) is 0 Å². The normalized spacial score (nSPS) is 14.0. The van der Waals surface area contributed by atoms with Crippen molar-refractivity contribution in [3.8, 4) is 11.1 Å².